The molecule has 2 aliphatic heterocycles. The molecule has 0 aromatic carbocycles. The summed E-state index contributed by atoms with van der Waals surface area (Å²) in [6.07, 6.45) is 5.89. The molecule has 6 atom stereocenters. The van der Waals surface area contributed by atoms with Crippen molar-refractivity contribution in [2.45, 2.75) is 126 Å². The van der Waals surface area contributed by atoms with Gasteiger partial charge in [0, 0.05) is 12.3 Å². The van der Waals surface area contributed by atoms with Crippen molar-refractivity contribution in [3.8, 4) is 0 Å². The normalized spacial score (nSPS) is 28.4. The number of aromatic nitrogens is 1. The van der Waals surface area contributed by atoms with Gasteiger partial charge in [-0.3, -0.25) is 24.1 Å². The number of nitrogens with zero attached hydrogens (tertiary/aromatic N) is 2. The van der Waals surface area contributed by atoms with Gasteiger partial charge in [-0.15, -0.1) is 0 Å². The van der Waals surface area contributed by atoms with Gasteiger partial charge < -0.3 is 30.3 Å². The van der Waals surface area contributed by atoms with Gasteiger partial charge >= 0.3 is 12.2 Å². The Labute approximate surface area is 296 Å². The van der Waals surface area contributed by atoms with Gasteiger partial charge in [0.15, 0.2) is 0 Å². The van der Waals surface area contributed by atoms with E-state index in [2.05, 4.69) is 25.7 Å². The summed E-state index contributed by atoms with van der Waals surface area (Å²) in [6, 6.07) is -0.371. The third-order valence-electron chi connectivity index (χ3n) is 9.34. The number of nitrogens with one attached hydrogen (secondary N) is 4. The lowest BCUT2D eigenvalue weighted by Gasteiger charge is -2.30. The van der Waals surface area contributed by atoms with Crippen molar-refractivity contribution >= 4 is 39.9 Å². The van der Waals surface area contributed by atoms with Crippen LogP contribution in [0.25, 0.3) is 0 Å². The van der Waals surface area contributed by atoms with Gasteiger partial charge in [0.1, 0.15) is 35.1 Å². The summed E-state index contributed by atoms with van der Waals surface area (Å²) in [5.74, 6) is -3.21. The molecule has 5 amide bonds. The number of hydrogen-bond acceptors (Lipinski definition) is 10. The molecule has 1 aromatic heterocycles. The maximum Gasteiger partial charge on any atom is 0.408 e. The summed E-state index contributed by atoms with van der Waals surface area (Å²) in [5, 5.41) is 7.37. The van der Waals surface area contributed by atoms with Crippen LogP contribution in [0.2, 0.25) is 0 Å². The number of carbonyl (C=O) groups is 5. The average Bonchev–Trinajstić information content (AvgIpc) is 3.96. The molecule has 17 heteroatoms. The van der Waals surface area contributed by atoms with Crippen molar-refractivity contribution in [2.24, 2.45) is 5.92 Å². The maximum absolute atomic E-state index is 14.2. The van der Waals surface area contributed by atoms with Gasteiger partial charge in [0.2, 0.25) is 21.8 Å². The lowest BCUT2D eigenvalue weighted by Crippen LogP contribution is -2.58. The molecule has 1 aromatic rings. The van der Waals surface area contributed by atoms with Crippen LogP contribution in [0.5, 0.6) is 0 Å². The largest absolute Gasteiger partial charge is 0.444 e. The summed E-state index contributed by atoms with van der Waals surface area (Å²) >= 11 is 0. The van der Waals surface area contributed by atoms with Crippen molar-refractivity contribution in [3.05, 3.63) is 42.0 Å². The molecule has 2 aliphatic carbocycles. The zero-order valence-corrected chi connectivity index (χ0v) is 30.1. The third-order valence-corrected chi connectivity index (χ3v) is 11.2. The molecule has 280 valence electrons. The number of fused-ring (bicyclic) bond motifs is 2. The first-order valence-corrected chi connectivity index (χ1v) is 19.0. The number of amides is 5. The van der Waals surface area contributed by atoms with Crippen LogP contribution in [0.15, 0.2) is 30.5 Å². The lowest BCUT2D eigenvalue weighted by atomic mass is 10.0. The fourth-order valence-electron chi connectivity index (χ4n) is 6.38. The molecule has 0 spiro atoms. The molecular formula is C34H47FN6O9S. The van der Waals surface area contributed by atoms with E-state index < -0.39 is 92.3 Å². The van der Waals surface area contributed by atoms with Crippen molar-refractivity contribution in [1.29, 1.82) is 0 Å². The predicted molar refractivity (Wildman–Crippen MR) is 181 cm³/mol. The number of allylic oxidation sites excluding steroid dienone is 1. The zero-order valence-electron chi connectivity index (χ0n) is 29.3. The minimum Gasteiger partial charge on any atom is -0.444 e. The molecule has 0 radical (unpaired) electrons. The van der Waals surface area contributed by atoms with Gasteiger partial charge in [0.25, 0.3) is 5.91 Å². The van der Waals surface area contributed by atoms with Crippen LogP contribution in [0.1, 0.15) is 97.2 Å². The van der Waals surface area contributed by atoms with Crippen molar-refractivity contribution in [3.63, 3.8) is 0 Å². The quantitative estimate of drug-likeness (QED) is 0.302. The number of rotatable bonds is 7. The first-order chi connectivity index (χ1) is 24.0. The highest BCUT2D eigenvalue weighted by atomic mass is 32.2. The first-order valence-electron chi connectivity index (χ1n) is 17.4. The Morgan fingerprint density at radius 2 is 1.84 bits per heavy atom. The molecule has 5 rings (SSSR count). The Morgan fingerprint density at radius 3 is 2.51 bits per heavy atom. The van der Waals surface area contributed by atoms with Crippen LogP contribution in [0.4, 0.5) is 14.0 Å². The number of halogens is 1. The standard InChI is InChI=1S/C34H47FN6O9S/c1-20(25-15-12-22(35)18-36-25)37-31(45)49-23-16-27-28(42)39-34(30(44)40-51(47,48)24-13-14-24)17-21(34)10-8-6-5-7-9-11-26(29(43)41(27)19-23)38-32(46)50-33(2,3)4/h8,10,12,15,18,20-21,23-24,26-27H,5-7,9,11,13-14,16-17,19H2,1-4H3,(H,37,45)(H,38,46)(H,39,42)(H,40,44)/b10-8-/t20-,21+,23+,26-,27-,34+/m0/s1. The third kappa shape index (κ3) is 9.74. The summed E-state index contributed by atoms with van der Waals surface area (Å²) in [7, 11) is -3.92. The molecule has 51 heavy (non-hydrogen) atoms. The highest BCUT2D eigenvalue weighted by Gasteiger charge is 2.62. The molecule has 3 heterocycles. The molecule has 3 fully saturated rings. The van der Waals surface area contributed by atoms with E-state index in [9.17, 15) is 36.8 Å². The Hall–Kier alpha value is -4.28. The lowest BCUT2D eigenvalue weighted by molar-refractivity contribution is -0.141. The fourth-order valence-corrected chi connectivity index (χ4v) is 7.74. The molecule has 4 aliphatic rings. The maximum atomic E-state index is 14.2. The second-order valence-corrected chi connectivity index (χ2v) is 16.7. The highest BCUT2D eigenvalue weighted by Crippen LogP contribution is 2.46. The predicted octanol–water partition coefficient (Wildman–Crippen LogP) is 2.87. The van der Waals surface area contributed by atoms with E-state index in [0.29, 0.717) is 37.8 Å². The Balaban J connectivity index is 1.39. The molecule has 15 nitrogen and oxygen atoms in total. The van der Waals surface area contributed by atoms with Gasteiger partial charge in [0.05, 0.1) is 29.7 Å². The summed E-state index contributed by atoms with van der Waals surface area (Å²) in [4.78, 5) is 72.9. The van der Waals surface area contributed by atoms with E-state index >= 15 is 0 Å². The van der Waals surface area contributed by atoms with Crippen molar-refractivity contribution < 1.29 is 46.3 Å². The average molecular weight is 735 g/mol. The number of hydrogen-bond donors (Lipinski definition) is 4. The molecule has 1 saturated heterocycles. The second kappa shape index (κ2) is 15.1. The topological polar surface area (TPSA) is 202 Å². The number of carbonyl (C=O) groups excluding carboxylic acids is 5. The van der Waals surface area contributed by atoms with Crippen LogP contribution >= 0.6 is 0 Å². The summed E-state index contributed by atoms with van der Waals surface area (Å²) in [6.45, 7) is 6.47. The number of sulfonamides is 1. The Morgan fingerprint density at radius 1 is 1.10 bits per heavy atom. The molecule has 0 unspecified atom stereocenters. The van der Waals surface area contributed by atoms with Crippen LogP contribution in [-0.2, 0) is 33.9 Å². The fraction of sp³-hybridized carbons (Fsp3) is 0.647. The van der Waals surface area contributed by atoms with Crippen LogP contribution in [-0.4, -0.2) is 89.3 Å². The van der Waals surface area contributed by atoms with Crippen LogP contribution < -0.4 is 20.7 Å². The Kier molecular flexibility index (Phi) is 11.3. The van der Waals surface area contributed by atoms with Gasteiger partial charge in [-0.05, 0) is 78.4 Å². The van der Waals surface area contributed by atoms with Crippen LogP contribution in [0.3, 0.4) is 0 Å². The molecule has 0 bridgehead atoms. The van der Waals surface area contributed by atoms with Crippen molar-refractivity contribution in [1.82, 2.24) is 30.6 Å². The summed E-state index contributed by atoms with van der Waals surface area (Å²) in [5.41, 5.74) is -2.03. The monoisotopic (exact) mass is 734 g/mol. The van der Waals surface area contributed by atoms with Gasteiger partial charge in [-0.1, -0.05) is 25.0 Å². The number of alkyl carbamates (subject to hydrolysis) is 2. The minimum atomic E-state index is -3.92. The van der Waals surface area contributed by atoms with Gasteiger partial charge in [-0.25, -0.2) is 22.4 Å². The van der Waals surface area contributed by atoms with E-state index in [1.165, 1.54) is 17.0 Å². The van der Waals surface area contributed by atoms with Crippen LogP contribution in [0, 0.1) is 11.7 Å². The van der Waals surface area contributed by atoms with Gasteiger partial charge in [-0.2, -0.15) is 0 Å². The minimum absolute atomic E-state index is 0.147. The zero-order chi connectivity index (χ0) is 37.1. The van der Waals surface area contributed by atoms with E-state index in [-0.39, 0.29) is 25.8 Å². The van der Waals surface area contributed by atoms with E-state index in [1.54, 1.807) is 33.8 Å². The van der Waals surface area contributed by atoms with Crippen molar-refractivity contribution in [2.75, 3.05) is 6.54 Å². The first kappa shape index (κ1) is 38.0. The number of ether oxygens (including phenoxy) is 2. The SMILES string of the molecule is C[C@H](NC(=O)O[C@@H]1C[C@H]2C(=O)N[C@]3(C(=O)NS(=O)(=O)C4CC4)C[C@H]3/C=C\CCCCC[C@H](NC(=O)OC(C)(C)C)C(=O)N2C1)c1ccc(F)cn1. The smallest absolute Gasteiger partial charge is 0.408 e. The summed E-state index contributed by atoms with van der Waals surface area (Å²) < 4.78 is 52.0. The molecular weight excluding hydrogens is 687 g/mol. The van der Waals surface area contributed by atoms with E-state index in [1.807, 2.05) is 6.08 Å². The number of pyridine rings is 1. The molecule has 2 saturated carbocycles. The van der Waals surface area contributed by atoms with E-state index in [0.717, 1.165) is 12.6 Å². The second-order valence-electron chi connectivity index (χ2n) is 14.7. The highest BCUT2D eigenvalue weighted by molar-refractivity contribution is 7.91. The van der Waals surface area contributed by atoms with E-state index in [4.69, 9.17) is 9.47 Å². The Bertz CT molecular complexity index is 1650. The molecule has 4 N–H and O–H groups in total.